The third-order valence-electron chi connectivity index (χ3n) is 10.8. The zero-order chi connectivity index (χ0) is 33.9. The first-order valence-electron chi connectivity index (χ1n) is 17.6. The monoisotopic (exact) mass is 681 g/mol. The van der Waals surface area contributed by atoms with Gasteiger partial charge in [-0.3, -0.25) is 0 Å². The van der Waals surface area contributed by atoms with E-state index in [1.165, 1.54) is 64.2 Å². The van der Waals surface area contributed by atoms with Crippen LogP contribution in [-0.2, 0) is 0 Å². The van der Waals surface area contributed by atoms with Crippen LogP contribution < -0.4 is 0 Å². The summed E-state index contributed by atoms with van der Waals surface area (Å²) in [5.74, 6) is 0. The summed E-state index contributed by atoms with van der Waals surface area (Å²) in [5, 5.41) is 9.63. The predicted molar refractivity (Wildman–Crippen MR) is 219 cm³/mol. The van der Waals surface area contributed by atoms with Gasteiger partial charge in [-0.2, -0.15) is 0 Å². The Labute approximate surface area is 301 Å². The molecule has 242 valence electrons. The van der Waals surface area contributed by atoms with E-state index in [0.717, 1.165) is 49.6 Å². The highest BCUT2D eigenvalue weighted by molar-refractivity contribution is 7.26. The highest BCUT2D eigenvalue weighted by Crippen LogP contribution is 2.44. The molecule has 8 aromatic carbocycles. The summed E-state index contributed by atoms with van der Waals surface area (Å²) in [5.41, 5.74) is 12.0. The summed E-state index contributed by atoms with van der Waals surface area (Å²) in [6.45, 7) is 0. The normalized spacial score (nSPS) is 12.2. The molecule has 52 heavy (non-hydrogen) atoms. The third-order valence-corrected chi connectivity index (χ3v) is 11.9. The molecule has 0 saturated carbocycles. The molecule has 0 aliphatic rings. The second kappa shape index (κ2) is 10.5. The minimum atomic E-state index is 0.914. The maximum absolute atomic E-state index is 6.17. The number of nitrogens with zero attached hydrogens (tertiary/aromatic N) is 1. The number of thiophene rings is 1. The fraction of sp³-hybridized carbons (Fsp3) is 0. The number of hydrogen-bond donors (Lipinski definition) is 0. The molecule has 0 aliphatic heterocycles. The van der Waals surface area contributed by atoms with Gasteiger partial charge in [0.05, 0.1) is 11.0 Å². The van der Waals surface area contributed by atoms with E-state index in [4.69, 9.17) is 8.83 Å². The van der Waals surface area contributed by atoms with Crippen LogP contribution in [0.15, 0.2) is 173 Å². The number of benzene rings is 8. The van der Waals surface area contributed by atoms with Gasteiger partial charge in [-0.15, -0.1) is 11.3 Å². The van der Waals surface area contributed by atoms with Crippen molar-refractivity contribution in [1.82, 2.24) is 4.57 Å². The molecule has 0 fully saturated rings. The fourth-order valence-corrected chi connectivity index (χ4v) is 9.54. The van der Waals surface area contributed by atoms with Crippen LogP contribution in [0.3, 0.4) is 0 Å². The van der Waals surface area contributed by atoms with Gasteiger partial charge >= 0.3 is 0 Å². The van der Waals surface area contributed by atoms with Crippen LogP contribution in [0, 0.1) is 0 Å². The molecular formula is C48H27NO2S. The molecule has 4 heteroatoms. The van der Waals surface area contributed by atoms with Crippen LogP contribution in [0.1, 0.15) is 0 Å². The summed E-state index contributed by atoms with van der Waals surface area (Å²) in [6, 6.07) is 59.0. The number of fused-ring (bicyclic) bond motifs is 12. The molecule has 0 N–H and O–H groups in total. The van der Waals surface area contributed by atoms with Crippen LogP contribution in [-0.4, -0.2) is 4.57 Å². The zero-order valence-electron chi connectivity index (χ0n) is 27.8. The van der Waals surface area contributed by atoms with E-state index in [1.807, 2.05) is 35.6 Å². The molecule has 0 bridgehead atoms. The van der Waals surface area contributed by atoms with Gasteiger partial charge in [0, 0.05) is 58.2 Å². The van der Waals surface area contributed by atoms with Crippen molar-refractivity contribution in [3.05, 3.63) is 164 Å². The smallest absolute Gasteiger partial charge is 0.135 e. The minimum Gasteiger partial charge on any atom is -0.456 e. The summed E-state index contributed by atoms with van der Waals surface area (Å²) in [4.78, 5) is 0. The van der Waals surface area contributed by atoms with Gasteiger partial charge < -0.3 is 13.4 Å². The quantitative estimate of drug-likeness (QED) is 0.186. The van der Waals surface area contributed by atoms with Gasteiger partial charge in [-0.05, 0) is 101 Å². The van der Waals surface area contributed by atoms with E-state index < -0.39 is 0 Å². The molecule has 12 aromatic rings. The molecule has 0 spiro atoms. The Hall–Kier alpha value is -6.62. The van der Waals surface area contributed by atoms with Gasteiger partial charge in [-0.25, -0.2) is 0 Å². The van der Waals surface area contributed by atoms with Gasteiger partial charge in [0.1, 0.15) is 22.3 Å². The molecule has 4 heterocycles. The van der Waals surface area contributed by atoms with E-state index in [9.17, 15) is 0 Å². The second-order valence-corrected chi connectivity index (χ2v) is 14.7. The third kappa shape index (κ3) is 3.95. The Kier molecular flexibility index (Phi) is 5.65. The topological polar surface area (TPSA) is 31.2 Å². The molecule has 0 amide bonds. The van der Waals surface area contributed by atoms with E-state index in [-0.39, 0.29) is 0 Å². The van der Waals surface area contributed by atoms with E-state index in [0.29, 0.717) is 0 Å². The molecule has 0 saturated heterocycles. The Morgan fingerprint density at radius 1 is 0.365 bits per heavy atom. The highest BCUT2D eigenvalue weighted by atomic mass is 32.1. The molecule has 4 aromatic heterocycles. The van der Waals surface area contributed by atoms with E-state index in [2.05, 4.69) is 144 Å². The maximum atomic E-state index is 6.17. The first-order chi connectivity index (χ1) is 25.7. The molecule has 0 atom stereocenters. The molecule has 3 nitrogen and oxygen atoms in total. The lowest BCUT2D eigenvalue weighted by Crippen LogP contribution is -1.93. The van der Waals surface area contributed by atoms with Crippen LogP contribution in [0.25, 0.3) is 114 Å². The predicted octanol–water partition coefficient (Wildman–Crippen LogP) is 14.3. The fourth-order valence-electron chi connectivity index (χ4n) is 8.42. The lowest BCUT2D eigenvalue weighted by molar-refractivity contribution is 0.668. The zero-order valence-corrected chi connectivity index (χ0v) is 28.6. The average molecular weight is 682 g/mol. The lowest BCUT2D eigenvalue weighted by Gasteiger charge is -2.10. The number of hydrogen-bond acceptors (Lipinski definition) is 3. The van der Waals surface area contributed by atoms with Crippen molar-refractivity contribution in [2.24, 2.45) is 0 Å². The van der Waals surface area contributed by atoms with Gasteiger partial charge in [0.2, 0.25) is 0 Å². The van der Waals surface area contributed by atoms with Crippen molar-refractivity contribution in [3.63, 3.8) is 0 Å². The number of aromatic nitrogens is 1. The van der Waals surface area contributed by atoms with Crippen molar-refractivity contribution in [3.8, 4) is 27.9 Å². The maximum Gasteiger partial charge on any atom is 0.135 e. The second-order valence-electron chi connectivity index (χ2n) is 13.7. The SMILES string of the molecule is c1ccc2c(c1)oc1ccc(-c3ccc4c(c3)c3ccccc3n4-c3ccc4sc5cccc(-c6ccc7oc8ccccc8c7c6)c5c4c3)cc12. The summed E-state index contributed by atoms with van der Waals surface area (Å²) in [7, 11) is 0. The Morgan fingerprint density at radius 3 is 1.73 bits per heavy atom. The first-order valence-corrected chi connectivity index (χ1v) is 18.4. The largest absolute Gasteiger partial charge is 0.456 e. The molecule has 0 unspecified atom stereocenters. The van der Waals surface area contributed by atoms with E-state index in [1.54, 1.807) is 0 Å². The van der Waals surface area contributed by atoms with Crippen molar-refractivity contribution in [2.45, 2.75) is 0 Å². The number of furan rings is 2. The minimum absolute atomic E-state index is 0.914. The molecule has 0 radical (unpaired) electrons. The van der Waals surface area contributed by atoms with Crippen LogP contribution in [0.5, 0.6) is 0 Å². The van der Waals surface area contributed by atoms with Crippen LogP contribution in [0.4, 0.5) is 0 Å². The van der Waals surface area contributed by atoms with Crippen LogP contribution in [0.2, 0.25) is 0 Å². The Balaban J connectivity index is 1.04. The summed E-state index contributed by atoms with van der Waals surface area (Å²) in [6.07, 6.45) is 0. The average Bonchev–Trinajstić information content (AvgIpc) is 3.95. The standard InChI is InChI=1S/C48H27NO2S/c1-4-12-40-33(8-1)36-24-28(29-17-21-44-37(25-29)34-9-2-5-13-42(34)50-44)16-20-41(36)49(40)31-19-23-46-39(27-31)48-32(11-7-15-47(48)52-46)30-18-22-45-38(26-30)35-10-3-6-14-43(35)51-45/h1-27H. The Morgan fingerprint density at radius 2 is 0.962 bits per heavy atom. The lowest BCUT2D eigenvalue weighted by atomic mass is 9.98. The Bertz CT molecular complexity index is 3430. The van der Waals surface area contributed by atoms with Gasteiger partial charge in [0.25, 0.3) is 0 Å². The van der Waals surface area contributed by atoms with Crippen molar-refractivity contribution < 1.29 is 8.83 Å². The molecule has 0 aliphatic carbocycles. The summed E-state index contributed by atoms with van der Waals surface area (Å²) >= 11 is 1.86. The summed E-state index contributed by atoms with van der Waals surface area (Å²) < 4.78 is 17.3. The number of rotatable bonds is 3. The van der Waals surface area contributed by atoms with Crippen molar-refractivity contribution in [1.29, 1.82) is 0 Å². The van der Waals surface area contributed by atoms with Crippen molar-refractivity contribution in [2.75, 3.05) is 0 Å². The first kappa shape index (κ1) is 28.1. The highest BCUT2D eigenvalue weighted by Gasteiger charge is 2.18. The van der Waals surface area contributed by atoms with Crippen molar-refractivity contribution >= 4 is 97.2 Å². The number of para-hydroxylation sites is 3. The van der Waals surface area contributed by atoms with Gasteiger partial charge in [-0.1, -0.05) is 84.9 Å². The van der Waals surface area contributed by atoms with E-state index >= 15 is 0 Å². The molecular weight excluding hydrogens is 655 g/mol. The molecule has 12 rings (SSSR count). The van der Waals surface area contributed by atoms with Gasteiger partial charge in [0.15, 0.2) is 0 Å². The van der Waals surface area contributed by atoms with Crippen LogP contribution >= 0.6 is 11.3 Å².